The second kappa shape index (κ2) is 7.78. The van der Waals surface area contributed by atoms with Gasteiger partial charge in [-0.2, -0.15) is 5.26 Å². The predicted octanol–water partition coefficient (Wildman–Crippen LogP) is 1.61. The van der Waals surface area contributed by atoms with E-state index in [0.29, 0.717) is 18.5 Å². The van der Waals surface area contributed by atoms with E-state index in [2.05, 4.69) is 30.1 Å². The maximum Gasteiger partial charge on any atom is 0.0638 e. The number of hydrogen-bond acceptors (Lipinski definition) is 3. The van der Waals surface area contributed by atoms with Crippen LogP contribution >= 0.6 is 0 Å². The van der Waals surface area contributed by atoms with Gasteiger partial charge in [0.1, 0.15) is 0 Å². The third-order valence-electron chi connectivity index (χ3n) is 2.35. The van der Waals surface area contributed by atoms with Gasteiger partial charge in [-0.1, -0.05) is 13.8 Å². The molecule has 82 valence electrons. The molecule has 14 heavy (non-hydrogen) atoms. The molecule has 1 heterocycles. The average molecular weight is 197 g/mol. The first kappa shape index (κ1) is 13.4. The molecule has 0 unspecified atom stereocenters. The van der Waals surface area contributed by atoms with E-state index in [1.165, 1.54) is 0 Å². The Kier molecular flexibility index (Phi) is 7.45. The highest BCUT2D eigenvalue weighted by molar-refractivity contribution is 4.87. The van der Waals surface area contributed by atoms with Crippen molar-refractivity contribution in [2.45, 2.75) is 46.2 Å². The largest absolute Gasteiger partial charge is 0.310 e. The van der Waals surface area contributed by atoms with E-state index in [4.69, 9.17) is 5.26 Å². The third kappa shape index (κ3) is 4.59. The molecule has 1 aliphatic rings. The van der Waals surface area contributed by atoms with Crippen LogP contribution in [0, 0.1) is 11.3 Å². The van der Waals surface area contributed by atoms with Crippen molar-refractivity contribution in [3.63, 3.8) is 0 Å². The highest BCUT2D eigenvalue weighted by atomic mass is 15.2. The molecule has 1 fully saturated rings. The minimum absolute atomic E-state index is 0.381. The number of piperazine rings is 1. The van der Waals surface area contributed by atoms with Crippen molar-refractivity contribution in [1.82, 2.24) is 10.2 Å². The lowest BCUT2D eigenvalue weighted by molar-refractivity contribution is 0.163. The molecule has 1 aliphatic heterocycles. The molecule has 0 radical (unpaired) electrons. The summed E-state index contributed by atoms with van der Waals surface area (Å²) in [7, 11) is 0. The topological polar surface area (TPSA) is 39.1 Å². The first-order valence-corrected chi connectivity index (χ1v) is 5.58. The van der Waals surface area contributed by atoms with Crippen molar-refractivity contribution in [2.24, 2.45) is 0 Å². The SMILES string of the molecule is CC.CC(C)N1CCN[C@H](CC#N)C1. The summed E-state index contributed by atoms with van der Waals surface area (Å²) in [5.41, 5.74) is 0. The number of hydrogen-bond donors (Lipinski definition) is 1. The summed E-state index contributed by atoms with van der Waals surface area (Å²) in [5.74, 6) is 0. The Morgan fingerprint density at radius 3 is 2.64 bits per heavy atom. The normalized spacial score (nSPS) is 22.4. The third-order valence-corrected chi connectivity index (χ3v) is 2.35. The zero-order chi connectivity index (χ0) is 11.0. The van der Waals surface area contributed by atoms with Crippen molar-refractivity contribution < 1.29 is 0 Å². The van der Waals surface area contributed by atoms with Gasteiger partial charge < -0.3 is 5.32 Å². The summed E-state index contributed by atoms with van der Waals surface area (Å²) in [5, 5.41) is 11.9. The summed E-state index contributed by atoms with van der Waals surface area (Å²) in [6, 6.07) is 3.19. The van der Waals surface area contributed by atoms with Gasteiger partial charge in [0.25, 0.3) is 0 Å². The number of nitriles is 1. The molecular formula is C11H23N3. The summed E-state index contributed by atoms with van der Waals surface area (Å²) >= 11 is 0. The molecule has 0 spiro atoms. The van der Waals surface area contributed by atoms with Crippen LogP contribution in [-0.2, 0) is 0 Å². The van der Waals surface area contributed by atoms with E-state index in [1.807, 2.05) is 13.8 Å². The van der Waals surface area contributed by atoms with E-state index in [1.54, 1.807) is 0 Å². The molecule has 1 rings (SSSR count). The van der Waals surface area contributed by atoms with Crippen LogP contribution in [0.25, 0.3) is 0 Å². The molecular weight excluding hydrogens is 174 g/mol. The highest BCUT2D eigenvalue weighted by Gasteiger charge is 2.20. The molecule has 1 atom stereocenters. The van der Waals surface area contributed by atoms with E-state index < -0.39 is 0 Å². The fraction of sp³-hybridized carbons (Fsp3) is 0.909. The fourth-order valence-electron chi connectivity index (χ4n) is 1.57. The molecule has 0 amide bonds. The van der Waals surface area contributed by atoms with E-state index in [9.17, 15) is 0 Å². The first-order valence-electron chi connectivity index (χ1n) is 5.58. The van der Waals surface area contributed by atoms with Crippen LogP contribution in [0.15, 0.2) is 0 Å². The molecule has 0 bridgehead atoms. The average Bonchev–Trinajstić information content (AvgIpc) is 2.22. The molecule has 0 saturated carbocycles. The molecule has 3 nitrogen and oxygen atoms in total. The van der Waals surface area contributed by atoms with Crippen LogP contribution in [-0.4, -0.2) is 36.6 Å². The summed E-state index contributed by atoms with van der Waals surface area (Å²) < 4.78 is 0. The lowest BCUT2D eigenvalue weighted by Crippen LogP contribution is -2.52. The lowest BCUT2D eigenvalue weighted by atomic mass is 10.1. The monoisotopic (exact) mass is 197 g/mol. The first-order chi connectivity index (χ1) is 6.74. The smallest absolute Gasteiger partial charge is 0.0638 e. The Morgan fingerprint density at radius 1 is 1.50 bits per heavy atom. The van der Waals surface area contributed by atoms with Gasteiger partial charge in [0.05, 0.1) is 12.5 Å². The molecule has 0 aromatic carbocycles. The van der Waals surface area contributed by atoms with Crippen LogP contribution in [0.1, 0.15) is 34.1 Å². The number of rotatable bonds is 2. The highest BCUT2D eigenvalue weighted by Crippen LogP contribution is 2.05. The van der Waals surface area contributed by atoms with Crippen molar-refractivity contribution >= 4 is 0 Å². The Morgan fingerprint density at radius 2 is 2.14 bits per heavy atom. The summed E-state index contributed by atoms with van der Waals surface area (Å²) in [4.78, 5) is 2.42. The van der Waals surface area contributed by atoms with E-state index >= 15 is 0 Å². The maximum absolute atomic E-state index is 8.53. The Balaban J connectivity index is 0.000000791. The van der Waals surface area contributed by atoms with Gasteiger partial charge in [0.2, 0.25) is 0 Å². The standard InChI is InChI=1S/C9H17N3.C2H6/c1-8(2)12-6-5-11-9(7-12)3-4-10;1-2/h8-9,11H,3,5-7H2,1-2H3;1-2H3/t9-;/m1./s1. The molecule has 0 aliphatic carbocycles. The quantitative estimate of drug-likeness (QED) is 0.731. The van der Waals surface area contributed by atoms with Gasteiger partial charge in [-0.25, -0.2) is 0 Å². The maximum atomic E-state index is 8.53. The Labute approximate surface area is 88.1 Å². The van der Waals surface area contributed by atoms with Gasteiger partial charge in [-0.15, -0.1) is 0 Å². The minimum Gasteiger partial charge on any atom is -0.310 e. The lowest BCUT2D eigenvalue weighted by Gasteiger charge is -2.35. The fourth-order valence-corrected chi connectivity index (χ4v) is 1.57. The Bertz CT molecular complexity index is 172. The second-order valence-electron chi connectivity index (χ2n) is 3.60. The molecule has 0 aromatic heterocycles. The minimum atomic E-state index is 0.381. The molecule has 3 heteroatoms. The van der Waals surface area contributed by atoms with Crippen LogP contribution < -0.4 is 5.32 Å². The Hall–Kier alpha value is -0.590. The van der Waals surface area contributed by atoms with Crippen molar-refractivity contribution in [3.05, 3.63) is 0 Å². The molecule has 1 saturated heterocycles. The van der Waals surface area contributed by atoms with Crippen LogP contribution in [0.2, 0.25) is 0 Å². The zero-order valence-electron chi connectivity index (χ0n) is 9.88. The molecule has 1 N–H and O–H groups in total. The van der Waals surface area contributed by atoms with Gasteiger partial charge in [-0.3, -0.25) is 4.90 Å². The summed E-state index contributed by atoms with van der Waals surface area (Å²) in [6.45, 7) is 11.6. The zero-order valence-corrected chi connectivity index (χ0v) is 9.88. The van der Waals surface area contributed by atoms with Crippen LogP contribution in [0.3, 0.4) is 0 Å². The predicted molar refractivity (Wildman–Crippen MR) is 60.1 cm³/mol. The number of nitrogens with one attached hydrogen (secondary N) is 1. The van der Waals surface area contributed by atoms with E-state index in [0.717, 1.165) is 19.6 Å². The summed E-state index contributed by atoms with van der Waals surface area (Å²) in [6.07, 6.45) is 0.628. The van der Waals surface area contributed by atoms with Gasteiger partial charge in [-0.05, 0) is 13.8 Å². The van der Waals surface area contributed by atoms with Gasteiger partial charge >= 0.3 is 0 Å². The van der Waals surface area contributed by atoms with Crippen molar-refractivity contribution in [2.75, 3.05) is 19.6 Å². The van der Waals surface area contributed by atoms with E-state index in [-0.39, 0.29) is 0 Å². The number of nitrogens with zero attached hydrogens (tertiary/aromatic N) is 2. The van der Waals surface area contributed by atoms with Crippen LogP contribution in [0.4, 0.5) is 0 Å². The van der Waals surface area contributed by atoms with Crippen molar-refractivity contribution in [3.8, 4) is 6.07 Å². The van der Waals surface area contributed by atoms with Gasteiger partial charge in [0, 0.05) is 31.7 Å². The van der Waals surface area contributed by atoms with Crippen molar-refractivity contribution in [1.29, 1.82) is 5.26 Å². The molecule has 0 aromatic rings. The second-order valence-corrected chi connectivity index (χ2v) is 3.60. The van der Waals surface area contributed by atoms with Crippen LogP contribution in [0.5, 0.6) is 0 Å². The van der Waals surface area contributed by atoms with Gasteiger partial charge in [0.15, 0.2) is 0 Å².